The molecule has 3 rings (SSSR count). The molecule has 0 unspecified atom stereocenters. The molecule has 0 radical (unpaired) electrons. The van der Waals surface area contributed by atoms with Gasteiger partial charge in [0.1, 0.15) is 0 Å². The minimum Gasteiger partial charge on any atom is -0.378 e. The summed E-state index contributed by atoms with van der Waals surface area (Å²) in [6, 6.07) is 7.55. The predicted molar refractivity (Wildman–Crippen MR) is 89.6 cm³/mol. The minimum atomic E-state index is -0.969. The molecule has 1 aliphatic heterocycles. The normalized spacial score (nSPS) is 25.6. The van der Waals surface area contributed by atoms with E-state index in [0.717, 1.165) is 29.9 Å². The number of carbonyl (C=O) groups is 1. The zero-order chi connectivity index (χ0) is 16.2. The van der Waals surface area contributed by atoms with Crippen molar-refractivity contribution in [1.82, 2.24) is 10.6 Å². The van der Waals surface area contributed by atoms with Crippen LogP contribution in [-0.2, 0) is 22.1 Å². The van der Waals surface area contributed by atoms with Crippen molar-refractivity contribution in [2.75, 3.05) is 12.9 Å². The lowest BCUT2D eigenvalue weighted by molar-refractivity contribution is -0.00914. The molecule has 1 saturated carbocycles. The van der Waals surface area contributed by atoms with Crippen LogP contribution in [0.4, 0.5) is 4.79 Å². The number of urea groups is 1. The van der Waals surface area contributed by atoms with Crippen molar-refractivity contribution in [2.45, 2.75) is 49.3 Å². The average Bonchev–Trinajstić information content (AvgIpc) is 3.38. The third-order valence-electron chi connectivity index (χ3n) is 4.51. The number of hydrogen-bond donors (Lipinski definition) is 2. The second-order valence-electron chi connectivity index (χ2n) is 6.39. The van der Waals surface area contributed by atoms with Gasteiger partial charge in [-0.1, -0.05) is 12.1 Å². The van der Waals surface area contributed by atoms with E-state index in [4.69, 9.17) is 4.74 Å². The molecule has 1 heterocycles. The first-order valence-corrected chi connectivity index (χ1v) is 9.76. The fraction of sp³-hybridized carbons (Fsp3) is 0.588. The molecule has 23 heavy (non-hydrogen) atoms. The quantitative estimate of drug-likeness (QED) is 0.866. The van der Waals surface area contributed by atoms with Crippen LogP contribution in [0.3, 0.4) is 0 Å². The van der Waals surface area contributed by atoms with Crippen LogP contribution < -0.4 is 10.6 Å². The molecule has 2 fully saturated rings. The second kappa shape index (κ2) is 7.45. The van der Waals surface area contributed by atoms with Crippen LogP contribution in [0, 0.1) is 5.92 Å². The fourth-order valence-electron chi connectivity index (χ4n) is 2.97. The number of amides is 2. The van der Waals surface area contributed by atoms with Crippen LogP contribution >= 0.6 is 0 Å². The Morgan fingerprint density at radius 1 is 1.26 bits per heavy atom. The smallest absolute Gasteiger partial charge is 0.315 e. The Hall–Kier alpha value is -1.40. The highest BCUT2D eigenvalue weighted by Gasteiger charge is 2.36. The number of benzene rings is 1. The van der Waals surface area contributed by atoms with Crippen LogP contribution in [0.25, 0.3) is 0 Å². The van der Waals surface area contributed by atoms with Crippen LogP contribution in [-0.4, -0.2) is 35.2 Å². The predicted octanol–water partition coefficient (Wildman–Crippen LogP) is 2.18. The maximum Gasteiger partial charge on any atom is 0.315 e. The maximum atomic E-state index is 12.0. The van der Waals surface area contributed by atoms with Gasteiger partial charge in [0.15, 0.2) is 0 Å². The summed E-state index contributed by atoms with van der Waals surface area (Å²) in [7, 11) is -0.969. The summed E-state index contributed by atoms with van der Waals surface area (Å²) in [5, 5.41) is 5.94. The Morgan fingerprint density at radius 2 is 2.00 bits per heavy atom. The van der Waals surface area contributed by atoms with Crippen LogP contribution in [0.15, 0.2) is 29.2 Å². The van der Waals surface area contributed by atoms with Crippen molar-refractivity contribution in [3.8, 4) is 0 Å². The summed E-state index contributed by atoms with van der Waals surface area (Å²) < 4.78 is 17.1. The lowest BCUT2D eigenvalue weighted by atomic mass is 10.0. The molecule has 2 N–H and O–H groups in total. The van der Waals surface area contributed by atoms with Gasteiger partial charge in [-0.05, 0) is 49.3 Å². The molecule has 0 bridgehead atoms. The lowest BCUT2D eigenvalue weighted by Crippen LogP contribution is -2.46. The lowest BCUT2D eigenvalue weighted by Gasteiger charge is -2.30. The molecule has 1 aliphatic carbocycles. The van der Waals surface area contributed by atoms with E-state index in [1.165, 1.54) is 12.8 Å². The first-order valence-electron chi connectivity index (χ1n) is 8.20. The van der Waals surface area contributed by atoms with Crippen LogP contribution in [0.1, 0.15) is 31.2 Å². The van der Waals surface area contributed by atoms with E-state index < -0.39 is 10.8 Å². The average molecular weight is 336 g/mol. The summed E-state index contributed by atoms with van der Waals surface area (Å²) in [6.45, 7) is 1.21. The number of carbonyl (C=O) groups excluding carboxylic acids is 1. The van der Waals surface area contributed by atoms with E-state index >= 15 is 0 Å². The molecule has 5 nitrogen and oxygen atoms in total. The molecule has 6 heteroatoms. The number of nitrogens with one attached hydrogen (secondary N) is 2. The number of ether oxygens (including phenoxy) is 1. The Morgan fingerprint density at radius 3 is 2.65 bits per heavy atom. The van der Waals surface area contributed by atoms with Crippen molar-refractivity contribution < 1.29 is 13.7 Å². The van der Waals surface area contributed by atoms with E-state index in [1.807, 2.05) is 24.3 Å². The van der Waals surface area contributed by atoms with E-state index in [9.17, 15) is 9.00 Å². The second-order valence-corrected chi connectivity index (χ2v) is 7.77. The topological polar surface area (TPSA) is 67.4 Å². The summed E-state index contributed by atoms with van der Waals surface area (Å²) in [5.74, 6) is 0.713. The molecule has 2 amide bonds. The largest absolute Gasteiger partial charge is 0.378 e. The Kier molecular flexibility index (Phi) is 5.33. The van der Waals surface area contributed by atoms with Crippen molar-refractivity contribution in [3.63, 3.8) is 0 Å². The third-order valence-corrected chi connectivity index (χ3v) is 5.44. The monoisotopic (exact) mass is 336 g/mol. The highest BCUT2D eigenvalue weighted by Crippen LogP contribution is 2.38. The molecular formula is C17H24N2O3S. The van der Waals surface area contributed by atoms with Crippen molar-refractivity contribution in [3.05, 3.63) is 29.8 Å². The van der Waals surface area contributed by atoms with Gasteiger partial charge in [-0.25, -0.2) is 4.79 Å². The molecule has 0 spiro atoms. The van der Waals surface area contributed by atoms with Gasteiger partial charge in [-0.3, -0.25) is 4.21 Å². The summed E-state index contributed by atoms with van der Waals surface area (Å²) in [4.78, 5) is 12.8. The molecular weight excluding hydrogens is 312 g/mol. The number of hydrogen-bond acceptors (Lipinski definition) is 3. The molecule has 2 aliphatic rings. The highest BCUT2D eigenvalue weighted by atomic mass is 32.2. The highest BCUT2D eigenvalue weighted by molar-refractivity contribution is 7.84. The minimum absolute atomic E-state index is 0.130. The molecule has 0 aromatic heterocycles. The zero-order valence-corrected chi connectivity index (χ0v) is 14.2. The fourth-order valence-corrected chi connectivity index (χ4v) is 3.49. The number of rotatable bonds is 5. The molecule has 126 valence electrons. The van der Waals surface area contributed by atoms with Crippen LogP contribution in [0.2, 0.25) is 0 Å². The Balaban J connectivity index is 1.42. The SMILES string of the molecule is C[S@@](=O)c1ccc(CNC(=O)N[C@@H]2CCO[C@H](C3CC3)C2)cc1. The van der Waals surface area contributed by atoms with Crippen molar-refractivity contribution in [1.29, 1.82) is 0 Å². The van der Waals surface area contributed by atoms with E-state index in [-0.39, 0.29) is 12.1 Å². The molecule has 1 saturated heterocycles. The van der Waals surface area contributed by atoms with Gasteiger partial charge in [0.2, 0.25) is 0 Å². The summed E-state index contributed by atoms with van der Waals surface area (Å²) >= 11 is 0. The van der Waals surface area contributed by atoms with Gasteiger partial charge >= 0.3 is 6.03 Å². The Labute approximate surface area is 139 Å². The maximum absolute atomic E-state index is 12.0. The zero-order valence-electron chi connectivity index (χ0n) is 13.4. The third kappa shape index (κ3) is 4.78. The van der Waals surface area contributed by atoms with Gasteiger partial charge in [0.25, 0.3) is 0 Å². The van der Waals surface area contributed by atoms with Crippen LogP contribution in [0.5, 0.6) is 0 Å². The Bertz CT molecular complexity index is 572. The standard InChI is InChI=1S/C17H24N2O3S/c1-23(21)15-6-2-12(3-7-15)11-18-17(20)19-14-8-9-22-16(10-14)13-4-5-13/h2-3,6-7,13-14,16H,4-5,8-11H2,1H3,(H2,18,19,20)/t14-,16+,23-/m1/s1. The molecule has 1 aromatic rings. The van der Waals surface area contributed by atoms with Crippen molar-refractivity contribution >= 4 is 16.8 Å². The van der Waals surface area contributed by atoms with E-state index in [1.54, 1.807) is 6.26 Å². The van der Waals surface area contributed by atoms with Crippen molar-refractivity contribution in [2.24, 2.45) is 5.92 Å². The van der Waals surface area contributed by atoms with Gasteiger partial charge < -0.3 is 15.4 Å². The first kappa shape index (κ1) is 16.5. The van der Waals surface area contributed by atoms with Gasteiger partial charge in [-0.15, -0.1) is 0 Å². The van der Waals surface area contributed by atoms with E-state index in [0.29, 0.717) is 18.6 Å². The van der Waals surface area contributed by atoms with Gasteiger partial charge in [-0.2, -0.15) is 0 Å². The van der Waals surface area contributed by atoms with Gasteiger partial charge in [0, 0.05) is 41.1 Å². The van der Waals surface area contributed by atoms with Gasteiger partial charge in [0.05, 0.1) is 6.10 Å². The molecule has 1 aromatic carbocycles. The summed E-state index contributed by atoms with van der Waals surface area (Å²) in [5.41, 5.74) is 0.997. The first-order chi connectivity index (χ1) is 11.1. The molecule has 3 atom stereocenters. The summed E-state index contributed by atoms with van der Waals surface area (Å²) in [6.07, 6.45) is 6.33. The van der Waals surface area contributed by atoms with E-state index in [2.05, 4.69) is 10.6 Å².